The molecule has 0 saturated heterocycles. The van der Waals surface area contributed by atoms with Crippen LogP contribution < -0.4 is 0 Å². The molecule has 0 aliphatic rings. The number of rotatable bonds is 5. The van der Waals surface area contributed by atoms with Gasteiger partial charge >= 0.3 is 6.18 Å². The molecule has 0 aliphatic carbocycles. The summed E-state index contributed by atoms with van der Waals surface area (Å²) in [6, 6.07) is 2.90. The molecule has 1 N–H and O–H groups in total. The third kappa shape index (κ3) is 4.42. The highest BCUT2D eigenvalue weighted by Gasteiger charge is 2.31. The predicted octanol–water partition coefficient (Wildman–Crippen LogP) is 2.37. The number of benzene rings is 1. The lowest BCUT2D eigenvalue weighted by molar-refractivity contribution is -0.135. The Bertz CT molecular complexity index is 612. The minimum Gasteiger partial charge on any atom is -0.392 e. The fourth-order valence-electron chi connectivity index (χ4n) is 1.90. The lowest BCUT2D eigenvalue weighted by atomic mass is 10.1. The molecule has 0 saturated carbocycles. The van der Waals surface area contributed by atoms with Crippen LogP contribution in [0.1, 0.15) is 23.1 Å². The van der Waals surface area contributed by atoms with Gasteiger partial charge in [0.1, 0.15) is 0 Å². The fourth-order valence-corrected chi connectivity index (χ4v) is 3.32. The molecule has 0 heterocycles. The van der Waals surface area contributed by atoms with E-state index >= 15 is 0 Å². The molecule has 120 valence electrons. The summed E-state index contributed by atoms with van der Waals surface area (Å²) in [7, 11) is -2.91. The van der Waals surface area contributed by atoms with Gasteiger partial charge in [0.15, 0.2) is 0 Å². The molecule has 0 spiro atoms. The Morgan fingerprint density at radius 2 is 1.76 bits per heavy atom. The van der Waals surface area contributed by atoms with Crippen molar-refractivity contribution >= 4 is 10.0 Å². The molecule has 21 heavy (non-hydrogen) atoms. The Hall–Kier alpha value is -1.12. The van der Waals surface area contributed by atoms with Crippen LogP contribution in [0.2, 0.25) is 0 Å². The molecule has 0 unspecified atom stereocenters. The summed E-state index contributed by atoms with van der Waals surface area (Å²) in [5.74, 6) is 0. The lowest BCUT2D eigenvalue weighted by Gasteiger charge is -2.20. The molecule has 8 heteroatoms. The third-order valence-corrected chi connectivity index (χ3v) is 5.20. The van der Waals surface area contributed by atoms with Crippen LogP contribution in [0.15, 0.2) is 17.0 Å². The van der Waals surface area contributed by atoms with E-state index in [1.807, 2.05) is 0 Å². The van der Waals surface area contributed by atoms with Gasteiger partial charge < -0.3 is 5.11 Å². The van der Waals surface area contributed by atoms with Gasteiger partial charge in [0.2, 0.25) is 10.0 Å². The number of halogens is 3. The number of aliphatic hydroxyl groups is 1. The van der Waals surface area contributed by atoms with Crippen LogP contribution in [0.25, 0.3) is 0 Å². The SMILES string of the molecule is Cc1cc(C)c(S(=O)(=O)N(C)CCC(F)(F)F)cc1CO. The summed E-state index contributed by atoms with van der Waals surface area (Å²) in [6.45, 7) is 2.31. The molecule has 1 rings (SSSR count). The second-order valence-electron chi connectivity index (χ2n) is 4.89. The van der Waals surface area contributed by atoms with Crippen molar-refractivity contribution in [3.8, 4) is 0 Å². The first-order valence-electron chi connectivity index (χ1n) is 6.23. The maximum absolute atomic E-state index is 12.3. The van der Waals surface area contributed by atoms with Crippen molar-refractivity contribution in [3.63, 3.8) is 0 Å². The first kappa shape index (κ1) is 17.9. The van der Waals surface area contributed by atoms with E-state index < -0.39 is 29.2 Å². The number of aryl methyl sites for hydroxylation is 2. The van der Waals surface area contributed by atoms with Gasteiger partial charge in [-0.1, -0.05) is 6.07 Å². The lowest BCUT2D eigenvalue weighted by Crippen LogP contribution is -2.31. The smallest absolute Gasteiger partial charge is 0.390 e. The summed E-state index contributed by atoms with van der Waals surface area (Å²) in [6.07, 6.45) is -5.62. The quantitative estimate of drug-likeness (QED) is 0.904. The maximum Gasteiger partial charge on any atom is 0.390 e. The molecular weight excluding hydrogens is 307 g/mol. The maximum atomic E-state index is 12.3. The van der Waals surface area contributed by atoms with Gasteiger partial charge in [-0.3, -0.25) is 0 Å². The Kier molecular flexibility index (Phi) is 5.40. The molecule has 0 aromatic heterocycles. The van der Waals surface area contributed by atoms with Gasteiger partial charge in [0.05, 0.1) is 17.9 Å². The standard InChI is InChI=1S/C13H18F3NO3S/c1-9-6-10(2)12(7-11(9)8-18)21(19,20)17(3)5-4-13(14,15)16/h6-7,18H,4-5,8H2,1-3H3. The Balaban J connectivity index is 3.13. The number of sulfonamides is 1. The topological polar surface area (TPSA) is 57.6 Å². The Morgan fingerprint density at radius 3 is 2.24 bits per heavy atom. The number of alkyl halides is 3. The molecule has 4 nitrogen and oxygen atoms in total. The third-order valence-electron chi connectivity index (χ3n) is 3.20. The van der Waals surface area contributed by atoms with Crippen molar-refractivity contribution in [2.75, 3.05) is 13.6 Å². The van der Waals surface area contributed by atoms with Crippen LogP contribution in [0, 0.1) is 13.8 Å². The summed E-state index contributed by atoms with van der Waals surface area (Å²) < 4.78 is 61.9. The summed E-state index contributed by atoms with van der Waals surface area (Å²) in [4.78, 5) is -0.0816. The Morgan fingerprint density at radius 1 is 1.19 bits per heavy atom. The van der Waals surface area contributed by atoms with E-state index in [9.17, 15) is 26.7 Å². The van der Waals surface area contributed by atoms with Gasteiger partial charge in [-0.25, -0.2) is 12.7 Å². The van der Waals surface area contributed by atoms with E-state index in [1.165, 1.54) is 6.07 Å². The molecule has 1 aromatic rings. The van der Waals surface area contributed by atoms with Crippen LogP contribution >= 0.6 is 0 Å². The zero-order chi connectivity index (χ0) is 16.4. The number of hydrogen-bond acceptors (Lipinski definition) is 3. The monoisotopic (exact) mass is 325 g/mol. The van der Waals surface area contributed by atoms with Crippen molar-refractivity contribution in [1.82, 2.24) is 4.31 Å². The molecule has 0 amide bonds. The van der Waals surface area contributed by atoms with Crippen molar-refractivity contribution < 1.29 is 26.7 Å². The molecular formula is C13H18F3NO3S. The van der Waals surface area contributed by atoms with Gasteiger partial charge in [0, 0.05) is 13.6 Å². The molecule has 0 atom stereocenters. The van der Waals surface area contributed by atoms with Crippen LogP contribution in [0.5, 0.6) is 0 Å². The number of aliphatic hydroxyl groups excluding tert-OH is 1. The molecule has 0 aliphatic heterocycles. The normalized spacial score (nSPS) is 13.0. The summed E-state index contributed by atoms with van der Waals surface area (Å²) in [5, 5.41) is 9.19. The Labute approximate surface area is 122 Å². The molecule has 1 aromatic carbocycles. The summed E-state index contributed by atoms with van der Waals surface area (Å²) in [5.41, 5.74) is 1.60. The second kappa shape index (κ2) is 6.33. The van der Waals surface area contributed by atoms with E-state index in [-0.39, 0.29) is 11.5 Å². The van der Waals surface area contributed by atoms with Crippen LogP contribution in [0.4, 0.5) is 13.2 Å². The number of nitrogens with zero attached hydrogens (tertiary/aromatic N) is 1. The average molecular weight is 325 g/mol. The fraction of sp³-hybridized carbons (Fsp3) is 0.538. The van der Waals surface area contributed by atoms with Crippen molar-refractivity contribution in [1.29, 1.82) is 0 Å². The van der Waals surface area contributed by atoms with Crippen molar-refractivity contribution in [3.05, 3.63) is 28.8 Å². The first-order valence-corrected chi connectivity index (χ1v) is 7.67. The zero-order valence-corrected chi connectivity index (χ0v) is 12.8. The predicted molar refractivity (Wildman–Crippen MR) is 72.3 cm³/mol. The van der Waals surface area contributed by atoms with Gasteiger partial charge in [-0.15, -0.1) is 0 Å². The van der Waals surface area contributed by atoms with Crippen LogP contribution in [-0.2, 0) is 16.6 Å². The molecule has 0 bridgehead atoms. The molecule has 0 radical (unpaired) electrons. The van der Waals surface area contributed by atoms with Crippen LogP contribution in [0.3, 0.4) is 0 Å². The van der Waals surface area contributed by atoms with Gasteiger partial charge in [0.25, 0.3) is 0 Å². The largest absolute Gasteiger partial charge is 0.392 e. The van der Waals surface area contributed by atoms with Crippen LogP contribution in [-0.4, -0.2) is 37.6 Å². The van der Waals surface area contributed by atoms with Gasteiger partial charge in [-0.2, -0.15) is 13.2 Å². The van der Waals surface area contributed by atoms with Crippen molar-refractivity contribution in [2.45, 2.75) is 37.9 Å². The highest BCUT2D eigenvalue weighted by molar-refractivity contribution is 7.89. The van der Waals surface area contributed by atoms with Crippen molar-refractivity contribution in [2.24, 2.45) is 0 Å². The minimum absolute atomic E-state index is 0.0816. The van der Waals surface area contributed by atoms with E-state index in [0.717, 1.165) is 12.6 Å². The first-order chi connectivity index (χ1) is 9.49. The number of hydrogen-bond donors (Lipinski definition) is 1. The summed E-state index contributed by atoms with van der Waals surface area (Å²) >= 11 is 0. The van der Waals surface area contributed by atoms with E-state index in [1.54, 1.807) is 19.9 Å². The molecule has 0 fully saturated rings. The van der Waals surface area contributed by atoms with E-state index in [2.05, 4.69) is 0 Å². The zero-order valence-electron chi connectivity index (χ0n) is 12.0. The highest BCUT2D eigenvalue weighted by atomic mass is 32.2. The second-order valence-corrected chi connectivity index (χ2v) is 6.91. The highest BCUT2D eigenvalue weighted by Crippen LogP contribution is 2.25. The van der Waals surface area contributed by atoms with E-state index in [0.29, 0.717) is 15.4 Å². The minimum atomic E-state index is -4.41. The average Bonchev–Trinajstić information content (AvgIpc) is 2.34. The van der Waals surface area contributed by atoms with E-state index in [4.69, 9.17) is 0 Å². The van der Waals surface area contributed by atoms with Gasteiger partial charge in [-0.05, 0) is 36.6 Å².